The fraction of sp³-hybridized carbons (Fsp3) is 0.280. The lowest BCUT2D eigenvalue weighted by Crippen LogP contribution is -2.17. The lowest BCUT2D eigenvalue weighted by atomic mass is 10.1. The van der Waals surface area contributed by atoms with Gasteiger partial charge < -0.3 is 24.3 Å². The molecule has 0 saturated heterocycles. The number of halogens is 2. The first-order valence-corrected chi connectivity index (χ1v) is 11.4. The molecule has 1 N–H and O–H groups in total. The summed E-state index contributed by atoms with van der Waals surface area (Å²) >= 11 is 9.88. The molecule has 0 saturated carbocycles. The van der Waals surface area contributed by atoms with E-state index in [1.54, 1.807) is 21.3 Å². The quantitative estimate of drug-likeness (QED) is 0.312. The van der Waals surface area contributed by atoms with E-state index in [2.05, 4.69) is 21.2 Å². The maximum absolute atomic E-state index is 6.23. The van der Waals surface area contributed by atoms with Crippen molar-refractivity contribution in [3.05, 3.63) is 80.8 Å². The highest BCUT2D eigenvalue weighted by molar-refractivity contribution is 9.10. The van der Waals surface area contributed by atoms with Gasteiger partial charge in [0.25, 0.3) is 0 Å². The summed E-state index contributed by atoms with van der Waals surface area (Å²) in [5.41, 5.74) is 3.18. The van der Waals surface area contributed by atoms with E-state index in [0.717, 1.165) is 40.1 Å². The molecule has 0 aliphatic heterocycles. The maximum atomic E-state index is 6.23. The Morgan fingerprint density at radius 2 is 1.53 bits per heavy atom. The minimum atomic E-state index is 0.366. The average Bonchev–Trinajstić information content (AvgIpc) is 2.82. The zero-order valence-corrected chi connectivity index (χ0v) is 20.8. The highest BCUT2D eigenvalue weighted by atomic mass is 79.9. The average molecular weight is 521 g/mol. The maximum Gasteiger partial charge on any atom is 0.162 e. The molecule has 0 bridgehead atoms. The van der Waals surface area contributed by atoms with Crippen molar-refractivity contribution in [3.8, 4) is 23.0 Å². The van der Waals surface area contributed by atoms with E-state index in [9.17, 15) is 0 Å². The van der Waals surface area contributed by atoms with Crippen LogP contribution in [0.5, 0.6) is 23.0 Å². The van der Waals surface area contributed by atoms with Crippen molar-refractivity contribution in [3.63, 3.8) is 0 Å². The fourth-order valence-corrected chi connectivity index (χ4v) is 3.90. The van der Waals surface area contributed by atoms with Gasteiger partial charge in [-0.1, -0.05) is 51.8 Å². The summed E-state index contributed by atoms with van der Waals surface area (Å²) in [6.07, 6.45) is 0.869. The molecule has 0 amide bonds. The molecule has 0 fully saturated rings. The molecule has 7 heteroatoms. The number of hydrogen-bond acceptors (Lipinski definition) is 5. The SMILES string of the molecule is COc1ccc(CCNCc2cc(OC)c(OCc3ccccc3Cl)cc2Br)cc1OC. The van der Waals surface area contributed by atoms with Crippen LogP contribution >= 0.6 is 27.5 Å². The number of rotatable bonds is 11. The topological polar surface area (TPSA) is 49.0 Å². The van der Waals surface area contributed by atoms with Gasteiger partial charge in [-0.05, 0) is 54.4 Å². The molecule has 0 aliphatic rings. The van der Waals surface area contributed by atoms with E-state index in [1.165, 1.54) is 5.56 Å². The zero-order chi connectivity index (χ0) is 22.9. The van der Waals surface area contributed by atoms with Crippen molar-refractivity contribution in [2.45, 2.75) is 19.6 Å². The zero-order valence-electron chi connectivity index (χ0n) is 18.4. The van der Waals surface area contributed by atoms with Crippen molar-refractivity contribution >= 4 is 27.5 Å². The first-order valence-electron chi connectivity index (χ1n) is 10.2. The number of benzene rings is 3. The van der Waals surface area contributed by atoms with Gasteiger partial charge in [0.1, 0.15) is 6.61 Å². The smallest absolute Gasteiger partial charge is 0.162 e. The molecule has 0 aliphatic carbocycles. The van der Waals surface area contributed by atoms with Crippen LogP contribution in [0.25, 0.3) is 0 Å². The van der Waals surface area contributed by atoms with Crippen LogP contribution < -0.4 is 24.3 Å². The first kappa shape index (κ1) is 24.2. The van der Waals surface area contributed by atoms with Gasteiger partial charge in [-0.3, -0.25) is 0 Å². The number of ether oxygens (including phenoxy) is 4. The molecule has 0 aromatic heterocycles. The summed E-state index contributed by atoms with van der Waals surface area (Å²) in [6, 6.07) is 17.5. The van der Waals surface area contributed by atoms with Crippen LogP contribution in [0.3, 0.4) is 0 Å². The van der Waals surface area contributed by atoms with Crippen molar-refractivity contribution in [1.82, 2.24) is 5.32 Å². The summed E-state index contributed by atoms with van der Waals surface area (Å²) < 4.78 is 23.1. The Balaban J connectivity index is 1.58. The second kappa shape index (κ2) is 12.0. The summed E-state index contributed by atoms with van der Waals surface area (Å²) in [7, 11) is 4.92. The van der Waals surface area contributed by atoms with Gasteiger partial charge in [0.2, 0.25) is 0 Å². The summed E-state index contributed by atoms with van der Waals surface area (Å²) in [5.74, 6) is 2.81. The minimum Gasteiger partial charge on any atom is -0.493 e. The highest BCUT2D eigenvalue weighted by Gasteiger charge is 2.12. The van der Waals surface area contributed by atoms with E-state index in [4.69, 9.17) is 30.5 Å². The van der Waals surface area contributed by atoms with E-state index in [0.29, 0.717) is 29.7 Å². The minimum absolute atomic E-state index is 0.366. The summed E-state index contributed by atoms with van der Waals surface area (Å²) in [4.78, 5) is 0. The molecular formula is C25H27BrClNO4. The molecular weight excluding hydrogens is 494 g/mol. The Bertz CT molecular complexity index is 1040. The van der Waals surface area contributed by atoms with Crippen LogP contribution in [0.4, 0.5) is 0 Å². The van der Waals surface area contributed by atoms with E-state index >= 15 is 0 Å². The van der Waals surface area contributed by atoms with Crippen LogP contribution in [-0.4, -0.2) is 27.9 Å². The molecule has 3 aromatic carbocycles. The van der Waals surface area contributed by atoms with Gasteiger partial charge in [-0.2, -0.15) is 0 Å². The molecule has 0 heterocycles. The molecule has 0 atom stereocenters. The lowest BCUT2D eigenvalue weighted by molar-refractivity contribution is 0.284. The lowest BCUT2D eigenvalue weighted by Gasteiger charge is -2.15. The standard InChI is InChI=1S/C25H27BrClNO4/c1-29-22-9-8-17(12-23(22)30-2)10-11-28-15-19-13-24(31-3)25(14-20(19)26)32-16-18-6-4-5-7-21(18)27/h4-9,12-14,28H,10-11,15-16H2,1-3H3. The largest absolute Gasteiger partial charge is 0.493 e. The third-order valence-electron chi connectivity index (χ3n) is 5.03. The van der Waals surface area contributed by atoms with Crippen LogP contribution in [-0.2, 0) is 19.6 Å². The van der Waals surface area contributed by atoms with Crippen molar-refractivity contribution in [2.24, 2.45) is 0 Å². The normalized spacial score (nSPS) is 10.7. The number of nitrogens with one attached hydrogen (secondary N) is 1. The van der Waals surface area contributed by atoms with E-state index < -0.39 is 0 Å². The van der Waals surface area contributed by atoms with Crippen molar-refractivity contribution in [1.29, 1.82) is 0 Å². The third-order valence-corrected chi connectivity index (χ3v) is 6.13. The number of methoxy groups -OCH3 is 3. The second-order valence-corrected chi connectivity index (χ2v) is 8.35. The third kappa shape index (κ3) is 6.31. The van der Waals surface area contributed by atoms with E-state index in [1.807, 2.05) is 54.6 Å². The van der Waals surface area contributed by atoms with Crippen LogP contribution in [0.15, 0.2) is 59.1 Å². The van der Waals surface area contributed by atoms with Gasteiger partial charge in [-0.15, -0.1) is 0 Å². The predicted molar refractivity (Wildman–Crippen MR) is 131 cm³/mol. The highest BCUT2D eigenvalue weighted by Crippen LogP contribution is 2.34. The van der Waals surface area contributed by atoms with Crippen LogP contribution in [0, 0.1) is 0 Å². The molecule has 0 spiro atoms. The van der Waals surface area contributed by atoms with Gasteiger partial charge in [0.05, 0.1) is 21.3 Å². The van der Waals surface area contributed by atoms with Crippen LogP contribution in [0.1, 0.15) is 16.7 Å². The van der Waals surface area contributed by atoms with Gasteiger partial charge >= 0.3 is 0 Å². The Morgan fingerprint density at radius 3 is 2.25 bits per heavy atom. The molecule has 0 unspecified atom stereocenters. The Labute approximate surface area is 202 Å². The summed E-state index contributed by atoms with van der Waals surface area (Å²) in [6.45, 7) is 1.87. The molecule has 5 nitrogen and oxygen atoms in total. The Kier molecular flexibility index (Phi) is 9.09. The fourth-order valence-electron chi connectivity index (χ4n) is 3.25. The van der Waals surface area contributed by atoms with Crippen molar-refractivity contribution < 1.29 is 18.9 Å². The molecule has 3 aromatic rings. The predicted octanol–water partition coefficient (Wildman–Crippen LogP) is 6.04. The second-order valence-electron chi connectivity index (χ2n) is 7.09. The van der Waals surface area contributed by atoms with Gasteiger partial charge in [0, 0.05) is 21.6 Å². The van der Waals surface area contributed by atoms with Crippen LogP contribution in [0.2, 0.25) is 5.02 Å². The monoisotopic (exact) mass is 519 g/mol. The number of hydrogen-bond donors (Lipinski definition) is 1. The molecule has 0 radical (unpaired) electrons. The molecule has 3 rings (SSSR count). The van der Waals surface area contributed by atoms with Crippen molar-refractivity contribution in [2.75, 3.05) is 27.9 Å². The Hall–Kier alpha value is -2.41. The summed E-state index contributed by atoms with van der Waals surface area (Å²) in [5, 5.41) is 4.16. The van der Waals surface area contributed by atoms with Gasteiger partial charge in [-0.25, -0.2) is 0 Å². The first-order chi connectivity index (χ1) is 15.5. The Morgan fingerprint density at radius 1 is 0.812 bits per heavy atom. The molecule has 32 heavy (non-hydrogen) atoms. The van der Waals surface area contributed by atoms with Gasteiger partial charge in [0.15, 0.2) is 23.0 Å². The molecule has 170 valence electrons. The van der Waals surface area contributed by atoms with E-state index in [-0.39, 0.29) is 0 Å².